The molecule has 8 heteroatoms. The van der Waals surface area contributed by atoms with Crippen LogP contribution in [0.25, 0.3) is 0 Å². The first kappa shape index (κ1) is 16.8. The van der Waals surface area contributed by atoms with E-state index in [9.17, 15) is 10.0 Å². The van der Waals surface area contributed by atoms with Gasteiger partial charge in [-0.15, -0.1) is 0 Å². The molecule has 0 aliphatic heterocycles. The van der Waals surface area contributed by atoms with Gasteiger partial charge >= 0.3 is 5.97 Å². The maximum absolute atomic E-state index is 11.1. The number of nitrogens with zero attached hydrogens (tertiary/aromatic N) is 1. The van der Waals surface area contributed by atoms with Crippen LogP contribution in [-0.2, 0) is 0 Å². The molecule has 0 spiro atoms. The predicted molar refractivity (Wildman–Crippen MR) is 90.5 cm³/mol. The largest absolute Gasteiger partial charge is 0.497 e. The van der Waals surface area contributed by atoms with Crippen LogP contribution in [0.2, 0.25) is 0 Å². The van der Waals surface area contributed by atoms with Crippen LogP contribution in [-0.4, -0.2) is 34.9 Å². The van der Waals surface area contributed by atoms with E-state index in [0.717, 1.165) is 0 Å². The summed E-state index contributed by atoms with van der Waals surface area (Å²) in [5.74, 6) is -0.666. The number of carbonyl (C=O) groups is 1. The summed E-state index contributed by atoms with van der Waals surface area (Å²) >= 11 is 0. The number of carboxylic acids is 1. The molecule has 0 bridgehead atoms. The van der Waals surface area contributed by atoms with Crippen LogP contribution in [0.4, 0.5) is 11.4 Å². The van der Waals surface area contributed by atoms with Crippen molar-refractivity contribution in [2.45, 2.75) is 0 Å². The topological polar surface area (TPSA) is 141 Å². The number of methoxy groups -OCH3 is 1. The van der Waals surface area contributed by atoms with Crippen molar-refractivity contribution in [2.24, 2.45) is 5.16 Å². The lowest BCUT2D eigenvalue weighted by molar-refractivity contribution is 0.0697. The molecule has 0 atom stereocenters. The standard InChI is InChI=1S/C16H16N4O4/c1-24-11-5-3-10(4-6-11)19-15(20-23)14(18)12-8-9(16(21)22)2-7-13(12)17/h2-8,18,23H,17H2,1H3,(H,19,20)(H,21,22). The van der Waals surface area contributed by atoms with Crippen molar-refractivity contribution >= 4 is 28.9 Å². The van der Waals surface area contributed by atoms with Crippen molar-refractivity contribution in [1.82, 2.24) is 0 Å². The first-order valence-corrected chi connectivity index (χ1v) is 6.81. The molecule has 2 rings (SSSR count). The van der Waals surface area contributed by atoms with Crippen molar-refractivity contribution in [3.05, 3.63) is 53.6 Å². The normalized spacial score (nSPS) is 11.0. The van der Waals surface area contributed by atoms with E-state index in [2.05, 4.69) is 10.5 Å². The van der Waals surface area contributed by atoms with Crippen molar-refractivity contribution in [3.63, 3.8) is 0 Å². The zero-order valence-electron chi connectivity index (χ0n) is 12.8. The van der Waals surface area contributed by atoms with Crippen molar-refractivity contribution < 1.29 is 19.8 Å². The summed E-state index contributed by atoms with van der Waals surface area (Å²) in [7, 11) is 1.54. The summed E-state index contributed by atoms with van der Waals surface area (Å²) in [6, 6.07) is 10.7. The molecule has 0 amide bonds. The average Bonchev–Trinajstić information content (AvgIpc) is 2.59. The Morgan fingerprint density at radius 1 is 1.25 bits per heavy atom. The van der Waals surface area contributed by atoms with Gasteiger partial charge in [-0.3, -0.25) is 5.41 Å². The Kier molecular flexibility index (Phi) is 5.00. The predicted octanol–water partition coefficient (Wildman–Crippen LogP) is 2.24. The number of carboxylic acid groups (broad SMARTS) is 1. The highest BCUT2D eigenvalue weighted by atomic mass is 16.5. The fourth-order valence-corrected chi connectivity index (χ4v) is 1.98. The van der Waals surface area contributed by atoms with Gasteiger partial charge in [0.25, 0.3) is 0 Å². The number of hydrogen-bond acceptors (Lipinski definition) is 6. The third-order valence-electron chi connectivity index (χ3n) is 3.26. The van der Waals surface area contributed by atoms with Gasteiger partial charge in [-0.1, -0.05) is 5.16 Å². The zero-order valence-corrected chi connectivity index (χ0v) is 12.8. The summed E-state index contributed by atoms with van der Waals surface area (Å²) in [4.78, 5) is 11.1. The number of nitrogens with one attached hydrogen (secondary N) is 2. The molecular formula is C16H16N4O4. The van der Waals surface area contributed by atoms with Gasteiger partial charge in [-0.25, -0.2) is 4.79 Å². The van der Waals surface area contributed by atoms with Gasteiger partial charge in [-0.2, -0.15) is 0 Å². The number of nitrogens with two attached hydrogens (primary N) is 1. The first-order chi connectivity index (χ1) is 11.5. The number of aromatic carboxylic acids is 1. The monoisotopic (exact) mass is 328 g/mol. The Labute approximate surface area is 137 Å². The van der Waals surface area contributed by atoms with Crippen LogP contribution in [0.15, 0.2) is 47.6 Å². The number of nitrogen functional groups attached to an aromatic ring is 1. The molecule has 0 aliphatic carbocycles. The molecule has 0 aromatic heterocycles. The maximum atomic E-state index is 11.1. The van der Waals surface area contributed by atoms with Gasteiger partial charge < -0.3 is 26.1 Å². The second kappa shape index (κ2) is 7.14. The molecule has 124 valence electrons. The van der Waals surface area contributed by atoms with Gasteiger partial charge in [0.15, 0.2) is 5.84 Å². The molecule has 0 saturated carbocycles. The van der Waals surface area contributed by atoms with E-state index >= 15 is 0 Å². The molecular weight excluding hydrogens is 312 g/mol. The maximum Gasteiger partial charge on any atom is 0.335 e. The Bertz CT molecular complexity index is 800. The molecule has 0 radical (unpaired) electrons. The number of amidine groups is 1. The smallest absolute Gasteiger partial charge is 0.335 e. The van der Waals surface area contributed by atoms with E-state index < -0.39 is 5.97 Å². The Morgan fingerprint density at radius 3 is 2.46 bits per heavy atom. The number of oxime groups is 1. The quantitative estimate of drug-likeness (QED) is 0.187. The lowest BCUT2D eigenvalue weighted by Crippen LogP contribution is -2.24. The number of hydrogen-bond donors (Lipinski definition) is 5. The van der Waals surface area contributed by atoms with Gasteiger partial charge in [0.05, 0.1) is 12.7 Å². The van der Waals surface area contributed by atoms with Crippen molar-refractivity contribution in [3.8, 4) is 5.75 Å². The van der Waals surface area contributed by atoms with E-state index in [-0.39, 0.29) is 28.4 Å². The summed E-state index contributed by atoms with van der Waals surface area (Å²) in [5, 5.41) is 32.2. The molecule has 6 N–H and O–H groups in total. The van der Waals surface area contributed by atoms with E-state index in [0.29, 0.717) is 11.4 Å². The van der Waals surface area contributed by atoms with E-state index in [1.807, 2.05) is 0 Å². The minimum absolute atomic E-state index is 0.0225. The second-order valence-corrected chi connectivity index (χ2v) is 4.78. The molecule has 0 fully saturated rings. The number of ether oxygens (including phenoxy) is 1. The third kappa shape index (κ3) is 3.61. The summed E-state index contributed by atoms with van der Waals surface area (Å²) in [6.45, 7) is 0. The van der Waals surface area contributed by atoms with Crippen LogP contribution < -0.4 is 15.8 Å². The van der Waals surface area contributed by atoms with Crippen LogP contribution in [0, 0.1) is 5.41 Å². The molecule has 8 nitrogen and oxygen atoms in total. The molecule has 2 aromatic carbocycles. The van der Waals surface area contributed by atoms with Gasteiger partial charge in [0.2, 0.25) is 0 Å². The lowest BCUT2D eigenvalue weighted by atomic mass is 10.0. The molecule has 24 heavy (non-hydrogen) atoms. The van der Waals surface area contributed by atoms with E-state index in [4.69, 9.17) is 21.0 Å². The second-order valence-electron chi connectivity index (χ2n) is 4.78. The molecule has 0 aliphatic rings. The number of anilines is 2. The fraction of sp³-hybridized carbons (Fsp3) is 0.0625. The van der Waals surface area contributed by atoms with E-state index in [1.54, 1.807) is 24.3 Å². The highest BCUT2D eigenvalue weighted by Crippen LogP contribution is 2.18. The third-order valence-corrected chi connectivity index (χ3v) is 3.26. The number of rotatable bonds is 5. The minimum atomic E-state index is -1.14. The first-order valence-electron chi connectivity index (χ1n) is 6.81. The van der Waals surface area contributed by atoms with Crippen molar-refractivity contribution in [1.29, 1.82) is 5.41 Å². The summed E-state index contributed by atoms with van der Waals surface area (Å²) in [5.41, 5.74) is 6.43. The number of benzene rings is 2. The van der Waals surface area contributed by atoms with Gasteiger partial charge in [0.1, 0.15) is 11.5 Å². The summed E-state index contributed by atoms with van der Waals surface area (Å²) in [6.07, 6.45) is 0. The minimum Gasteiger partial charge on any atom is -0.497 e. The van der Waals surface area contributed by atoms with Crippen LogP contribution in [0.5, 0.6) is 5.75 Å². The Balaban J connectivity index is 2.28. The highest BCUT2D eigenvalue weighted by Gasteiger charge is 2.16. The van der Waals surface area contributed by atoms with Crippen LogP contribution in [0.1, 0.15) is 15.9 Å². The lowest BCUT2D eigenvalue weighted by Gasteiger charge is -2.12. The van der Waals surface area contributed by atoms with Gasteiger partial charge in [0, 0.05) is 16.9 Å². The highest BCUT2D eigenvalue weighted by molar-refractivity contribution is 6.50. The molecule has 2 aromatic rings. The van der Waals surface area contributed by atoms with Crippen LogP contribution in [0.3, 0.4) is 0 Å². The van der Waals surface area contributed by atoms with Gasteiger partial charge in [-0.05, 0) is 42.5 Å². The Hall–Kier alpha value is -3.55. The molecule has 0 heterocycles. The average molecular weight is 328 g/mol. The SMILES string of the molecule is COc1ccc(N/C(=N\O)C(=N)c2cc(C(=O)O)ccc2N)cc1. The molecule has 0 unspecified atom stereocenters. The molecule has 0 saturated heterocycles. The van der Waals surface area contributed by atoms with Crippen molar-refractivity contribution in [2.75, 3.05) is 18.2 Å². The summed E-state index contributed by atoms with van der Waals surface area (Å²) < 4.78 is 5.05. The Morgan fingerprint density at radius 2 is 1.92 bits per heavy atom. The van der Waals surface area contributed by atoms with Crippen LogP contribution >= 0.6 is 0 Å². The fourth-order valence-electron chi connectivity index (χ4n) is 1.98. The zero-order chi connectivity index (χ0) is 17.7. The van der Waals surface area contributed by atoms with E-state index in [1.165, 1.54) is 25.3 Å².